The summed E-state index contributed by atoms with van der Waals surface area (Å²) in [5.41, 5.74) is 3.65. The van der Waals surface area contributed by atoms with Gasteiger partial charge in [-0.05, 0) is 37.1 Å². The number of rotatable bonds is 6. The Morgan fingerprint density at radius 3 is 2.57 bits per heavy atom. The molecular weight excluding hydrogens is 378 g/mol. The van der Waals surface area contributed by atoms with Gasteiger partial charge in [0.05, 0.1) is 19.3 Å². The number of carbonyl (C=O) groups is 2. The number of anilines is 1. The van der Waals surface area contributed by atoms with E-state index in [0.29, 0.717) is 18.5 Å². The van der Waals surface area contributed by atoms with Crippen LogP contribution in [0.15, 0.2) is 48.5 Å². The van der Waals surface area contributed by atoms with E-state index < -0.39 is 0 Å². The fourth-order valence-electron chi connectivity index (χ4n) is 4.05. The Morgan fingerprint density at radius 2 is 1.87 bits per heavy atom. The van der Waals surface area contributed by atoms with E-state index in [4.69, 9.17) is 4.74 Å². The first-order valence-corrected chi connectivity index (χ1v) is 10.7. The molecule has 1 atom stereocenters. The molecule has 2 aliphatic rings. The molecule has 2 aromatic carbocycles. The average molecular weight is 408 g/mol. The Bertz CT molecular complexity index is 891. The van der Waals surface area contributed by atoms with Crippen LogP contribution in [0.4, 0.5) is 5.69 Å². The Kier molecular flexibility index (Phi) is 6.45. The van der Waals surface area contributed by atoms with E-state index in [0.717, 1.165) is 50.5 Å². The van der Waals surface area contributed by atoms with Gasteiger partial charge in [-0.3, -0.25) is 14.5 Å². The van der Waals surface area contributed by atoms with E-state index in [2.05, 4.69) is 41.4 Å². The minimum atomic E-state index is -0.123. The molecule has 6 nitrogen and oxygen atoms in total. The molecule has 2 heterocycles. The molecule has 2 aliphatic heterocycles. The van der Waals surface area contributed by atoms with Crippen LogP contribution < -0.4 is 10.2 Å². The molecule has 0 saturated carbocycles. The van der Waals surface area contributed by atoms with Crippen molar-refractivity contribution in [1.29, 1.82) is 0 Å². The lowest BCUT2D eigenvalue weighted by atomic mass is 10.0. The molecular formula is C24H29N3O3. The molecule has 158 valence electrons. The van der Waals surface area contributed by atoms with Gasteiger partial charge >= 0.3 is 0 Å². The molecule has 1 N–H and O–H groups in total. The van der Waals surface area contributed by atoms with E-state index in [1.165, 1.54) is 5.56 Å². The average Bonchev–Trinajstić information content (AvgIpc) is 3.20. The summed E-state index contributed by atoms with van der Waals surface area (Å²) < 4.78 is 5.46. The highest BCUT2D eigenvalue weighted by molar-refractivity contribution is 5.99. The van der Waals surface area contributed by atoms with Crippen molar-refractivity contribution in [3.63, 3.8) is 0 Å². The zero-order chi connectivity index (χ0) is 20.9. The van der Waals surface area contributed by atoms with Crippen molar-refractivity contribution in [1.82, 2.24) is 10.2 Å². The number of hydrogen-bond acceptors (Lipinski definition) is 4. The van der Waals surface area contributed by atoms with Crippen LogP contribution in [0.3, 0.4) is 0 Å². The number of aryl methyl sites for hydroxylation is 1. The van der Waals surface area contributed by atoms with E-state index >= 15 is 0 Å². The van der Waals surface area contributed by atoms with Gasteiger partial charge in [0.2, 0.25) is 5.91 Å². The summed E-state index contributed by atoms with van der Waals surface area (Å²) in [6.45, 7) is 6.69. The fourth-order valence-corrected chi connectivity index (χ4v) is 4.05. The lowest BCUT2D eigenvalue weighted by Crippen LogP contribution is -2.43. The van der Waals surface area contributed by atoms with Crippen LogP contribution in [0.1, 0.15) is 40.4 Å². The van der Waals surface area contributed by atoms with Crippen molar-refractivity contribution < 1.29 is 14.3 Å². The van der Waals surface area contributed by atoms with Gasteiger partial charge in [-0.15, -0.1) is 0 Å². The zero-order valence-electron chi connectivity index (χ0n) is 17.5. The first kappa shape index (κ1) is 20.6. The van der Waals surface area contributed by atoms with Gasteiger partial charge in [-0.25, -0.2) is 0 Å². The number of ether oxygens (including phenoxy) is 1. The van der Waals surface area contributed by atoms with Crippen molar-refractivity contribution in [2.24, 2.45) is 0 Å². The summed E-state index contributed by atoms with van der Waals surface area (Å²) in [7, 11) is 0. The van der Waals surface area contributed by atoms with E-state index in [-0.39, 0.29) is 17.9 Å². The summed E-state index contributed by atoms with van der Waals surface area (Å²) in [6.07, 6.45) is 1.44. The summed E-state index contributed by atoms with van der Waals surface area (Å²) in [6, 6.07) is 15.6. The van der Waals surface area contributed by atoms with Crippen molar-refractivity contribution in [2.45, 2.75) is 25.8 Å². The SMILES string of the molecule is Cc1ccc(C(CN2CCOCC2)NC(=O)c2cccc(N3CCCC3=O)c2)cc1. The summed E-state index contributed by atoms with van der Waals surface area (Å²) in [5.74, 6) is -0.000243. The Balaban J connectivity index is 1.52. The lowest BCUT2D eigenvalue weighted by molar-refractivity contribution is -0.117. The highest BCUT2D eigenvalue weighted by Crippen LogP contribution is 2.23. The lowest BCUT2D eigenvalue weighted by Gasteiger charge is -2.31. The zero-order valence-corrected chi connectivity index (χ0v) is 17.5. The Hall–Kier alpha value is -2.70. The number of hydrogen-bond donors (Lipinski definition) is 1. The maximum Gasteiger partial charge on any atom is 0.251 e. The first-order chi connectivity index (χ1) is 14.6. The molecule has 2 saturated heterocycles. The van der Waals surface area contributed by atoms with Gasteiger partial charge in [0.15, 0.2) is 0 Å². The molecule has 1 unspecified atom stereocenters. The van der Waals surface area contributed by atoms with Gasteiger partial charge in [0, 0.05) is 43.9 Å². The minimum Gasteiger partial charge on any atom is -0.379 e. The van der Waals surface area contributed by atoms with Gasteiger partial charge in [-0.1, -0.05) is 35.9 Å². The molecule has 0 spiro atoms. The van der Waals surface area contributed by atoms with Crippen LogP contribution in [0, 0.1) is 6.92 Å². The Morgan fingerprint density at radius 1 is 1.10 bits per heavy atom. The van der Waals surface area contributed by atoms with Crippen LogP contribution in [0.5, 0.6) is 0 Å². The number of benzene rings is 2. The van der Waals surface area contributed by atoms with Crippen molar-refractivity contribution in [3.05, 3.63) is 65.2 Å². The highest BCUT2D eigenvalue weighted by Gasteiger charge is 2.24. The van der Waals surface area contributed by atoms with E-state index in [1.54, 1.807) is 11.0 Å². The largest absolute Gasteiger partial charge is 0.379 e. The number of carbonyl (C=O) groups excluding carboxylic acids is 2. The van der Waals surface area contributed by atoms with Crippen LogP contribution >= 0.6 is 0 Å². The molecule has 4 rings (SSSR count). The molecule has 2 amide bonds. The standard InChI is InChI=1S/C24H29N3O3/c1-18-7-9-19(10-8-18)22(17-26-12-14-30-15-13-26)25-24(29)20-4-2-5-21(16-20)27-11-3-6-23(27)28/h2,4-5,7-10,16,22H,3,6,11-15,17H2,1H3,(H,25,29). The molecule has 2 aromatic rings. The van der Waals surface area contributed by atoms with E-state index in [9.17, 15) is 9.59 Å². The molecule has 6 heteroatoms. The molecule has 2 fully saturated rings. The molecule has 0 aromatic heterocycles. The van der Waals surface area contributed by atoms with Crippen LogP contribution in [-0.2, 0) is 9.53 Å². The summed E-state index contributed by atoms with van der Waals surface area (Å²) in [4.78, 5) is 29.3. The maximum atomic E-state index is 13.1. The first-order valence-electron chi connectivity index (χ1n) is 10.7. The number of nitrogens with one attached hydrogen (secondary N) is 1. The quantitative estimate of drug-likeness (QED) is 0.800. The van der Waals surface area contributed by atoms with Gasteiger partial charge < -0.3 is 15.0 Å². The summed E-state index contributed by atoms with van der Waals surface area (Å²) >= 11 is 0. The molecule has 0 bridgehead atoms. The van der Waals surface area contributed by atoms with Crippen molar-refractivity contribution >= 4 is 17.5 Å². The molecule has 0 radical (unpaired) electrons. The second kappa shape index (κ2) is 9.41. The topological polar surface area (TPSA) is 61.9 Å². The fraction of sp³-hybridized carbons (Fsp3) is 0.417. The molecule has 0 aliphatic carbocycles. The van der Waals surface area contributed by atoms with Gasteiger partial charge in [0.1, 0.15) is 0 Å². The van der Waals surface area contributed by atoms with E-state index in [1.807, 2.05) is 18.2 Å². The third-order valence-corrected chi connectivity index (χ3v) is 5.82. The predicted molar refractivity (Wildman–Crippen MR) is 117 cm³/mol. The second-order valence-electron chi connectivity index (χ2n) is 8.05. The Labute approximate surface area is 177 Å². The third-order valence-electron chi connectivity index (χ3n) is 5.82. The monoisotopic (exact) mass is 407 g/mol. The van der Waals surface area contributed by atoms with Gasteiger partial charge in [-0.2, -0.15) is 0 Å². The molecule has 30 heavy (non-hydrogen) atoms. The van der Waals surface area contributed by atoms with Crippen LogP contribution in [-0.4, -0.2) is 56.1 Å². The van der Waals surface area contributed by atoms with Crippen molar-refractivity contribution in [2.75, 3.05) is 44.3 Å². The predicted octanol–water partition coefficient (Wildman–Crippen LogP) is 2.93. The summed E-state index contributed by atoms with van der Waals surface area (Å²) in [5, 5.41) is 3.22. The van der Waals surface area contributed by atoms with Crippen LogP contribution in [0.25, 0.3) is 0 Å². The third kappa shape index (κ3) is 4.89. The number of amides is 2. The second-order valence-corrected chi connectivity index (χ2v) is 8.05. The van der Waals surface area contributed by atoms with Gasteiger partial charge in [0.25, 0.3) is 5.91 Å². The van der Waals surface area contributed by atoms with Crippen LogP contribution in [0.2, 0.25) is 0 Å². The maximum absolute atomic E-state index is 13.1. The smallest absolute Gasteiger partial charge is 0.251 e. The number of morpholine rings is 1. The normalized spacial score (nSPS) is 18.4. The minimum absolute atomic E-state index is 0.117. The highest BCUT2D eigenvalue weighted by atomic mass is 16.5. The van der Waals surface area contributed by atoms with Crippen molar-refractivity contribution in [3.8, 4) is 0 Å². The number of nitrogens with zero attached hydrogens (tertiary/aromatic N) is 2.